The molecule has 3 N–H and O–H groups in total. The molecule has 0 amide bonds. The molecule has 8 heterocycles. The van der Waals surface area contributed by atoms with Crippen molar-refractivity contribution in [2.75, 3.05) is 43.1 Å². The number of nitrogens with one attached hydrogen (secondary N) is 1. The predicted octanol–water partition coefficient (Wildman–Crippen LogP) is 2.57. The zero-order chi connectivity index (χ0) is 35.1. The second-order valence-corrected chi connectivity index (χ2v) is 14.7. The minimum absolute atomic E-state index is 0.162. The Balaban J connectivity index is 1.03. The van der Waals surface area contributed by atoms with Gasteiger partial charge in [0.1, 0.15) is 29.2 Å². The zero-order valence-corrected chi connectivity index (χ0v) is 28.7. The van der Waals surface area contributed by atoms with Crippen molar-refractivity contribution in [3.8, 4) is 17.1 Å². The molecule has 1 aliphatic carbocycles. The number of pyridine rings is 2. The van der Waals surface area contributed by atoms with Crippen molar-refractivity contribution in [3.63, 3.8) is 0 Å². The Hall–Kier alpha value is -5.22. The predicted molar refractivity (Wildman–Crippen MR) is 189 cm³/mol. The van der Waals surface area contributed by atoms with Gasteiger partial charge in [0.25, 0.3) is 5.56 Å². The maximum absolute atomic E-state index is 13.9. The first kappa shape index (κ1) is 31.7. The fourth-order valence-electron chi connectivity index (χ4n) is 7.87. The monoisotopic (exact) mass is 689 g/mol. The van der Waals surface area contributed by atoms with Crippen LogP contribution in [-0.2, 0) is 24.2 Å². The lowest BCUT2D eigenvalue weighted by molar-refractivity contribution is -0.101. The van der Waals surface area contributed by atoms with Crippen LogP contribution in [0.2, 0.25) is 0 Å². The molecule has 3 aliphatic rings. The van der Waals surface area contributed by atoms with Crippen LogP contribution in [0.15, 0.2) is 66.4 Å². The maximum atomic E-state index is 13.9. The third-order valence-electron chi connectivity index (χ3n) is 10.4. The van der Waals surface area contributed by atoms with Crippen LogP contribution in [0.25, 0.3) is 28.2 Å². The normalized spacial score (nSPS) is 20.6. The SMILES string of the molecule is CC1(C)Cc2cc3c(=O)n(-c4nccc(-c5cn6ncnc6c(Nc6ccc(N7CCN(C8COC8)C[C@]7(C)O)cn6)n5)c4CO)ccn3c2C1. The van der Waals surface area contributed by atoms with E-state index in [1.54, 1.807) is 35.4 Å². The Bertz CT molecular complexity index is 2360. The topological polar surface area (TPSA) is 163 Å². The standard InChI is InChI=1S/C36H39N11O4/c1-35(2)13-22-12-28-34(49)45(10-9-44(28)29(22)14-35)32-26(17-48)25(6-7-37-32)27-16-47-33(39-21-40-47)31(41-27)42-30-5-4-23(15-38-30)46-11-8-43(20-36(46,3)50)24-18-51-19-24/h4-7,9-10,12,15-16,21,24,48,50H,8,11,13-14,17-20H2,1-3H3,(H,38,41,42)/t36-/m0/s1. The van der Waals surface area contributed by atoms with E-state index in [1.807, 2.05) is 40.6 Å². The van der Waals surface area contributed by atoms with Gasteiger partial charge in [-0.3, -0.25) is 14.3 Å². The second kappa shape index (κ2) is 11.7. The summed E-state index contributed by atoms with van der Waals surface area (Å²) in [7, 11) is 0. The molecule has 6 aromatic heterocycles. The van der Waals surface area contributed by atoms with Gasteiger partial charge in [0.05, 0.1) is 49.6 Å². The van der Waals surface area contributed by atoms with E-state index in [4.69, 9.17) is 9.72 Å². The molecule has 15 nitrogen and oxygen atoms in total. The molecule has 2 saturated heterocycles. The van der Waals surface area contributed by atoms with E-state index in [9.17, 15) is 15.0 Å². The van der Waals surface area contributed by atoms with Crippen molar-refractivity contribution in [2.45, 2.75) is 52.0 Å². The molecule has 6 aromatic rings. The molecule has 9 rings (SSSR count). The Labute approximate surface area is 292 Å². The van der Waals surface area contributed by atoms with Gasteiger partial charge in [0.2, 0.25) is 0 Å². The van der Waals surface area contributed by atoms with E-state index in [2.05, 4.69) is 44.1 Å². The van der Waals surface area contributed by atoms with Gasteiger partial charge in [0.15, 0.2) is 11.5 Å². The average molecular weight is 690 g/mol. The van der Waals surface area contributed by atoms with Crippen LogP contribution in [-0.4, -0.2) is 98.2 Å². The second-order valence-electron chi connectivity index (χ2n) is 14.7. The molecule has 262 valence electrons. The van der Waals surface area contributed by atoms with E-state index < -0.39 is 5.72 Å². The highest BCUT2D eigenvalue weighted by atomic mass is 16.5. The van der Waals surface area contributed by atoms with Crippen molar-refractivity contribution in [1.82, 2.24) is 43.4 Å². The Morgan fingerprint density at radius 2 is 1.92 bits per heavy atom. The van der Waals surface area contributed by atoms with Gasteiger partial charge < -0.3 is 29.6 Å². The number of aromatic nitrogens is 8. The number of rotatable bonds is 7. The molecule has 1 atom stereocenters. The number of aliphatic hydroxyl groups excluding tert-OH is 1. The quantitative estimate of drug-likeness (QED) is 0.225. The molecule has 15 heteroatoms. The lowest BCUT2D eigenvalue weighted by atomic mass is 9.90. The first-order valence-electron chi connectivity index (χ1n) is 17.2. The highest BCUT2D eigenvalue weighted by Crippen LogP contribution is 2.38. The summed E-state index contributed by atoms with van der Waals surface area (Å²) in [5.41, 5.74) is 4.65. The number of aliphatic hydroxyl groups is 2. The molecule has 0 radical (unpaired) electrons. The summed E-state index contributed by atoms with van der Waals surface area (Å²) in [5, 5.41) is 29.7. The molecule has 0 aromatic carbocycles. The summed E-state index contributed by atoms with van der Waals surface area (Å²) in [6, 6.07) is 7.86. The van der Waals surface area contributed by atoms with Gasteiger partial charge in [0, 0.05) is 55.0 Å². The third-order valence-corrected chi connectivity index (χ3v) is 10.4. The first-order valence-corrected chi connectivity index (χ1v) is 17.2. The minimum atomic E-state index is -1.06. The summed E-state index contributed by atoms with van der Waals surface area (Å²) in [6.07, 6.45) is 11.9. The van der Waals surface area contributed by atoms with Crippen LogP contribution in [0.5, 0.6) is 0 Å². The summed E-state index contributed by atoms with van der Waals surface area (Å²) >= 11 is 0. The van der Waals surface area contributed by atoms with Crippen molar-refractivity contribution >= 4 is 28.5 Å². The number of ether oxygens (including phenoxy) is 1. The molecule has 51 heavy (non-hydrogen) atoms. The summed E-state index contributed by atoms with van der Waals surface area (Å²) in [4.78, 5) is 36.6. The molecular formula is C36H39N11O4. The zero-order valence-electron chi connectivity index (χ0n) is 28.7. The fraction of sp³-hybridized carbons (Fsp3) is 0.389. The van der Waals surface area contributed by atoms with Crippen LogP contribution in [0.1, 0.15) is 37.6 Å². The van der Waals surface area contributed by atoms with E-state index in [1.165, 1.54) is 22.2 Å². The largest absolute Gasteiger partial charge is 0.392 e. The van der Waals surface area contributed by atoms with Gasteiger partial charge in [-0.05, 0) is 55.0 Å². The van der Waals surface area contributed by atoms with Crippen LogP contribution in [0, 0.1) is 5.41 Å². The average Bonchev–Trinajstić information content (AvgIpc) is 3.77. The molecule has 0 unspecified atom stereocenters. The highest BCUT2D eigenvalue weighted by Gasteiger charge is 2.40. The summed E-state index contributed by atoms with van der Waals surface area (Å²) in [5.74, 6) is 1.26. The number of hydrogen-bond donors (Lipinski definition) is 3. The lowest BCUT2D eigenvalue weighted by Crippen LogP contribution is -2.65. The van der Waals surface area contributed by atoms with Crippen LogP contribution in [0.3, 0.4) is 0 Å². The van der Waals surface area contributed by atoms with Crippen molar-refractivity contribution in [1.29, 1.82) is 0 Å². The molecule has 0 bridgehead atoms. The smallest absolute Gasteiger partial charge is 0.280 e. The van der Waals surface area contributed by atoms with Gasteiger partial charge in [-0.15, -0.1) is 0 Å². The summed E-state index contributed by atoms with van der Waals surface area (Å²) < 4.78 is 10.4. The molecule has 2 fully saturated rings. The van der Waals surface area contributed by atoms with Crippen LogP contribution < -0.4 is 15.8 Å². The number of hydrogen-bond acceptors (Lipinski definition) is 12. The van der Waals surface area contributed by atoms with Gasteiger partial charge in [-0.25, -0.2) is 24.5 Å². The van der Waals surface area contributed by atoms with Crippen molar-refractivity contribution in [3.05, 3.63) is 88.8 Å². The number of β-amino-alcohol motifs (C(OH)–C–C–N with tert-alkyl or cyclic N) is 1. The van der Waals surface area contributed by atoms with E-state index >= 15 is 0 Å². The van der Waals surface area contributed by atoms with Crippen molar-refractivity contribution in [2.24, 2.45) is 5.41 Å². The fourth-order valence-corrected chi connectivity index (χ4v) is 7.87. The minimum Gasteiger partial charge on any atom is -0.392 e. The molecular weight excluding hydrogens is 650 g/mol. The van der Waals surface area contributed by atoms with Crippen LogP contribution >= 0.6 is 0 Å². The van der Waals surface area contributed by atoms with Crippen LogP contribution in [0.4, 0.5) is 17.3 Å². The van der Waals surface area contributed by atoms with Gasteiger partial charge in [-0.1, -0.05) is 13.8 Å². The number of nitrogens with zero attached hydrogens (tertiary/aromatic N) is 10. The summed E-state index contributed by atoms with van der Waals surface area (Å²) in [6.45, 7) is 9.36. The van der Waals surface area contributed by atoms with Gasteiger partial charge >= 0.3 is 0 Å². The first-order chi connectivity index (χ1) is 24.6. The Morgan fingerprint density at radius 3 is 2.67 bits per heavy atom. The number of fused-ring (bicyclic) bond motifs is 4. The molecule has 0 saturated carbocycles. The maximum Gasteiger partial charge on any atom is 0.280 e. The Kier molecular flexibility index (Phi) is 7.26. The van der Waals surface area contributed by atoms with E-state index in [-0.39, 0.29) is 17.6 Å². The van der Waals surface area contributed by atoms with Crippen molar-refractivity contribution < 1.29 is 14.9 Å². The van der Waals surface area contributed by atoms with E-state index in [0.29, 0.717) is 77.8 Å². The number of piperazine rings is 1. The Morgan fingerprint density at radius 1 is 1.06 bits per heavy atom. The van der Waals surface area contributed by atoms with Gasteiger partial charge in [-0.2, -0.15) is 5.10 Å². The molecule has 2 aliphatic heterocycles. The third kappa shape index (κ3) is 5.35. The van der Waals surface area contributed by atoms with E-state index in [0.717, 1.165) is 25.1 Å². The highest BCUT2D eigenvalue weighted by molar-refractivity contribution is 5.74. The lowest BCUT2D eigenvalue weighted by Gasteiger charge is -2.50. The number of anilines is 3. The molecule has 0 spiro atoms.